The van der Waals surface area contributed by atoms with Crippen LogP contribution in [0.2, 0.25) is 39.3 Å². The first kappa shape index (κ1) is 48.1. The van der Waals surface area contributed by atoms with Crippen molar-refractivity contribution in [3.05, 3.63) is 83.2 Å². The van der Waals surface area contributed by atoms with E-state index in [1.807, 2.05) is 113 Å². The molecule has 6 heterocycles. The highest BCUT2D eigenvalue weighted by molar-refractivity contribution is 6.70. The molecule has 0 saturated carbocycles. The third-order valence-electron chi connectivity index (χ3n) is 16.5. The molecule has 0 bridgehead atoms. The minimum absolute atomic E-state index is 0.374. The van der Waals surface area contributed by atoms with Crippen molar-refractivity contribution in [3.8, 4) is 0 Å². The lowest BCUT2D eigenvalue weighted by Crippen LogP contribution is -2.75. The Balaban J connectivity index is 0.000000170. The first-order valence-corrected chi connectivity index (χ1v) is 29.9. The van der Waals surface area contributed by atoms with E-state index in [2.05, 4.69) is 0 Å². The number of hydrogen-bond donors (Lipinski definition) is 0. The summed E-state index contributed by atoms with van der Waals surface area (Å²) in [5.41, 5.74) is -7.63. The van der Waals surface area contributed by atoms with E-state index in [9.17, 15) is 28.8 Å². The number of carbonyl (C=O) groups is 6. The molecule has 68 heavy (non-hydrogen) atoms. The van der Waals surface area contributed by atoms with E-state index in [1.54, 1.807) is 36.3 Å². The number of likely N-dealkylation sites (N-methyl/N-ethyl adjacent to an activating group) is 2. The second-order valence-corrected chi connectivity index (χ2v) is 31.2. The Bertz CT molecular complexity index is 2530. The van der Waals surface area contributed by atoms with Gasteiger partial charge >= 0.3 is 11.9 Å². The van der Waals surface area contributed by atoms with Crippen LogP contribution < -0.4 is 9.80 Å². The zero-order chi connectivity index (χ0) is 50.1. The molecule has 16 nitrogen and oxygen atoms in total. The number of amides is 2. The molecule has 0 aromatic heterocycles. The van der Waals surface area contributed by atoms with Gasteiger partial charge in [0.15, 0.2) is 38.7 Å². The predicted molar refractivity (Wildman–Crippen MR) is 255 cm³/mol. The number of methoxy groups -OCH3 is 4. The fraction of sp³-hybridized carbons (Fsp3) is 0.560. The molecule has 2 aromatic rings. The third-order valence-corrected chi connectivity index (χ3v) is 18.4. The van der Waals surface area contributed by atoms with Crippen LogP contribution in [0.15, 0.2) is 61.0 Å². The number of hydrogen-bond acceptors (Lipinski definition) is 14. The van der Waals surface area contributed by atoms with E-state index in [4.69, 9.17) is 27.8 Å². The first-order chi connectivity index (χ1) is 31.6. The zero-order valence-electron chi connectivity index (χ0n) is 42.0. The van der Waals surface area contributed by atoms with E-state index < -0.39 is 96.5 Å². The first-order valence-electron chi connectivity index (χ1n) is 23.1. The number of carbonyl (C=O) groups excluding carboxylic acids is 6. The van der Waals surface area contributed by atoms with E-state index in [0.29, 0.717) is 35.3 Å². The van der Waals surface area contributed by atoms with Gasteiger partial charge in [-0.3, -0.25) is 28.8 Å². The lowest BCUT2D eigenvalue weighted by molar-refractivity contribution is -0.235. The highest BCUT2D eigenvalue weighted by Gasteiger charge is 2.92. The predicted octanol–water partition coefficient (Wildman–Crippen LogP) is 5.15. The van der Waals surface area contributed by atoms with Crippen molar-refractivity contribution >= 4 is 63.3 Å². The molecule has 2 amide bonds. The molecule has 0 N–H and O–H groups in total. The van der Waals surface area contributed by atoms with Crippen LogP contribution in [0.5, 0.6) is 0 Å². The van der Waals surface area contributed by atoms with Gasteiger partial charge in [0.25, 0.3) is 11.8 Å². The van der Waals surface area contributed by atoms with Gasteiger partial charge in [-0.1, -0.05) is 24.3 Å². The number of anilines is 2. The quantitative estimate of drug-likeness (QED) is 0.252. The molecule has 8 atom stereocenters. The summed E-state index contributed by atoms with van der Waals surface area (Å²) >= 11 is 0. The van der Waals surface area contributed by atoms with Gasteiger partial charge in [0.05, 0.1) is 25.6 Å². The summed E-state index contributed by atoms with van der Waals surface area (Å²) in [5, 5.41) is 0. The van der Waals surface area contributed by atoms with E-state index in [1.165, 1.54) is 40.6 Å². The minimum atomic E-state index is -2.53. The molecular weight excluding hydrogens is 905 g/mol. The fourth-order valence-electron chi connectivity index (χ4n) is 14.7. The van der Waals surface area contributed by atoms with Crippen molar-refractivity contribution in [2.24, 2.45) is 22.7 Å². The summed E-state index contributed by atoms with van der Waals surface area (Å²) in [7, 11) is 3.77. The van der Waals surface area contributed by atoms with Gasteiger partial charge in [-0.05, 0) is 103 Å². The summed E-state index contributed by atoms with van der Waals surface area (Å²) in [5.74, 6) is -3.91. The van der Waals surface area contributed by atoms with Crippen LogP contribution in [-0.4, -0.2) is 127 Å². The number of rotatable bonds is 8. The van der Waals surface area contributed by atoms with Gasteiger partial charge < -0.3 is 47.4 Å². The average Bonchev–Trinajstić information content (AvgIpc) is 4.01. The standard InChI is InChI=1S/2C25H32N2O6Si/c2*1-22(2)17-14-15-10-9-11-16-19(15)24(20(29)26(16)3,33-34(6,7)8)23(17,21(30)31-4)25(32-5)18(28)12-13-27(22)25/h2*9-13,17H,14H2,1-8H3/t2*17-,23-,24+,25-/m00/s1. The maximum Gasteiger partial charge on any atom is 0.321 e. The molecule has 10 rings (SSSR count). The molecule has 2 saturated heterocycles. The molecule has 0 spiro atoms. The number of esters is 2. The van der Waals surface area contributed by atoms with Crippen LogP contribution in [-0.2, 0) is 80.6 Å². The van der Waals surface area contributed by atoms with Gasteiger partial charge in [-0.2, -0.15) is 0 Å². The molecule has 8 aliphatic rings. The van der Waals surface area contributed by atoms with Crippen molar-refractivity contribution < 1.29 is 56.6 Å². The van der Waals surface area contributed by atoms with Gasteiger partial charge in [0.2, 0.25) is 23.0 Å². The molecule has 2 fully saturated rings. The maximum absolute atomic E-state index is 14.5. The molecule has 18 heteroatoms. The Morgan fingerprint density at radius 2 is 0.912 bits per heavy atom. The Hall–Kier alpha value is -4.99. The Morgan fingerprint density at radius 1 is 0.574 bits per heavy atom. The van der Waals surface area contributed by atoms with Crippen molar-refractivity contribution in [2.45, 2.75) is 114 Å². The maximum atomic E-state index is 14.5. The molecule has 0 unspecified atom stereocenters. The Labute approximate surface area is 400 Å². The number of ketones is 2. The SMILES string of the molecule is COC(=O)[C@@]12[C@@H](Cc3cccc4c3[C@@]1(O[Si](C)(C)C)C(=O)N4C)C(C)(C)N1C=CC(=O)[C@@]12OC.COC(=O)[C@@]12[C@@H](Cc3cccc4c3[C@@]1(O[Si](C)(C)C)C(=O)N4C)C(C)(C)N1C=CC(=O)[C@@]12OC. The summed E-state index contributed by atoms with van der Waals surface area (Å²) in [6.45, 7) is 19.8. The fourth-order valence-corrected chi connectivity index (χ4v) is 17.2. The number of fused-ring (bicyclic) bond motifs is 8. The van der Waals surface area contributed by atoms with Gasteiger partial charge in [-0.25, -0.2) is 0 Å². The van der Waals surface area contributed by atoms with Crippen LogP contribution in [0.4, 0.5) is 11.4 Å². The molecule has 6 aliphatic heterocycles. The van der Waals surface area contributed by atoms with E-state index >= 15 is 0 Å². The van der Waals surface area contributed by atoms with Crippen molar-refractivity contribution in [1.82, 2.24) is 9.80 Å². The van der Waals surface area contributed by atoms with Gasteiger partial charge in [0, 0.05) is 86.9 Å². The summed E-state index contributed by atoms with van der Waals surface area (Å²) in [4.78, 5) is 92.1. The second-order valence-electron chi connectivity index (χ2n) is 22.4. The van der Waals surface area contributed by atoms with Crippen LogP contribution in [0.1, 0.15) is 49.9 Å². The number of nitrogens with zero attached hydrogens (tertiary/aromatic N) is 4. The van der Waals surface area contributed by atoms with E-state index in [0.717, 1.165) is 11.1 Å². The number of ether oxygens (including phenoxy) is 4. The van der Waals surface area contributed by atoms with Crippen LogP contribution >= 0.6 is 0 Å². The Morgan fingerprint density at radius 3 is 1.21 bits per heavy atom. The normalized spacial score (nSPS) is 34.9. The highest BCUT2D eigenvalue weighted by atomic mass is 28.4. The second kappa shape index (κ2) is 14.3. The largest absolute Gasteiger partial charge is 0.468 e. The molecule has 364 valence electrons. The molecular formula is C50H64N4O12Si2. The van der Waals surface area contributed by atoms with Crippen LogP contribution in [0, 0.1) is 22.7 Å². The Kier molecular flexibility index (Phi) is 10.1. The average molecular weight is 969 g/mol. The topological polar surface area (TPSA) is 171 Å². The van der Waals surface area contributed by atoms with Crippen molar-refractivity contribution in [3.63, 3.8) is 0 Å². The summed E-state index contributed by atoms with van der Waals surface area (Å²) < 4.78 is 37.2. The van der Waals surface area contributed by atoms with Crippen LogP contribution in [0.3, 0.4) is 0 Å². The van der Waals surface area contributed by atoms with Crippen LogP contribution in [0.25, 0.3) is 0 Å². The van der Waals surface area contributed by atoms with E-state index in [-0.39, 0.29) is 11.8 Å². The smallest absolute Gasteiger partial charge is 0.321 e. The lowest BCUT2D eigenvalue weighted by atomic mass is 9.50. The zero-order valence-corrected chi connectivity index (χ0v) is 44.0. The monoisotopic (exact) mass is 968 g/mol. The molecule has 0 radical (unpaired) electrons. The van der Waals surface area contributed by atoms with Crippen molar-refractivity contribution in [2.75, 3.05) is 52.3 Å². The third kappa shape index (κ3) is 4.94. The molecule has 2 aliphatic carbocycles. The highest BCUT2D eigenvalue weighted by Crippen LogP contribution is 2.75. The number of benzene rings is 2. The summed E-state index contributed by atoms with van der Waals surface area (Å²) in [6, 6.07) is 11.6. The van der Waals surface area contributed by atoms with Gasteiger partial charge in [-0.15, -0.1) is 0 Å². The van der Waals surface area contributed by atoms with Crippen molar-refractivity contribution in [1.29, 1.82) is 0 Å². The minimum Gasteiger partial charge on any atom is -0.468 e. The lowest BCUT2D eigenvalue weighted by Gasteiger charge is -2.56. The summed E-state index contributed by atoms with van der Waals surface area (Å²) in [6.07, 6.45) is 7.16. The van der Waals surface area contributed by atoms with Gasteiger partial charge in [0.1, 0.15) is 0 Å². The molecule has 2 aromatic carbocycles.